The van der Waals surface area contributed by atoms with Crippen molar-refractivity contribution in [2.24, 2.45) is 0 Å². The van der Waals surface area contributed by atoms with E-state index in [1.54, 1.807) is 24.3 Å². The van der Waals surface area contributed by atoms with Crippen molar-refractivity contribution < 1.29 is 18.7 Å². The van der Waals surface area contributed by atoms with E-state index in [9.17, 15) is 9.18 Å². The normalized spacial score (nSPS) is 16.5. The van der Waals surface area contributed by atoms with Gasteiger partial charge in [0.05, 0.1) is 19.3 Å². The van der Waals surface area contributed by atoms with Gasteiger partial charge in [0.1, 0.15) is 5.82 Å². The fraction of sp³-hybridized carbons (Fsp3) is 0.333. The quantitative estimate of drug-likeness (QED) is 0.833. The second-order valence-corrected chi connectivity index (χ2v) is 5.57. The number of anilines is 1. The van der Waals surface area contributed by atoms with Crippen molar-refractivity contribution in [2.75, 3.05) is 31.6 Å². The highest BCUT2D eigenvalue weighted by atomic mass is 35.5. The van der Waals surface area contributed by atoms with Gasteiger partial charge in [-0.25, -0.2) is 9.37 Å². The van der Waals surface area contributed by atoms with Gasteiger partial charge in [0.15, 0.2) is 0 Å². The molecule has 1 aliphatic heterocycles. The number of hydrogen-bond acceptors (Lipinski definition) is 5. The number of carbonyl (C=O) groups excluding carboxylic acids is 1. The van der Waals surface area contributed by atoms with Crippen molar-refractivity contribution >= 4 is 24.0 Å². The van der Waals surface area contributed by atoms with Gasteiger partial charge < -0.3 is 20.1 Å². The van der Waals surface area contributed by atoms with Crippen LogP contribution in [0.25, 0.3) is 0 Å². The molecule has 3 rings (SSSR count). The summed E-state index contributed by atoms with van der Waals surface area (Å²) < 4.78 is 25.2. The van der Waals surface area contributed by atoms with E-state index in [4.69, 9.17) is 9.47 Å². The summed E-state index contributed by atoms with van der Waals surface area (Å²) in [5, 5.41) is 5.85. The number of nitrogens with one attached hydrogen (secondary N) is 2. The number of ether oxygens (including phenoxy) is 2. The summed E-state index contributed by atoms with van der Waals surface area (Å²) in [7, 11) is 0. The molecule has 0 spiro atoms. The highest BCUT2D eigenvalue weighted by Crippen LogP contribution is 2.24. The van der Waals surface area contributed by atoms with E-state index in [1.165, 1.54) is 12.3 Å². The number of rotatable bonds is 5. The van der Waals surface area contributed by atoms with E-state index in [-0.39, 0.29) is 24.4 Å². The lowest BCUT2D eigenvalue weighted by Gasteiger charge is -2.24. The number of carbonyl (C=O) groups is 1. The van der Waals surface area contributed by atoms with Gasteiger partial charge in [-0.3, -0.25) is 4.79 Å². The molecule has 2 N–H and O–H groups in total. The van der Waals surface area contributed by atoms with Gasteiger partial charge >= 0.3 is 0 Å². The summed E-state index contributed by atoms with van der Waals surface area (Å²) in [4.78, 5) is 16.3. The van der Waals surface area contributed by atoms with Crippen LogP contribution in [-0.2, 0) is 4.74 Å². The maximum absolute atomic E-state index is 14.4. The standard InChI is InChI=1S/C18H20FN3O3.ClH/c1-2-24-17-9-12(5-6-21-17)18(23)22-13-3-4-14(15(19)10-13)16-11-20-7-8-25-16;/h3-6,9-10,16,20H,2,7-8,11H2,1H3,(H,22,23);1H/t16-;/m0./s1. The Morgan fingerprint density at radius 1 is 1.42 bits per heavy atom. The van der Waals surface area contributed by atoms with Crippen LogP contribution in [0.2, 0.25) is 0 Å². The van der Waals surface area contributed by atoms with Crippen LogP contribution < -0.4 is 15.4 Å². The molecule has 2 aromatic rings. The van der Waals surface area contributed by atoms with Crippen LogP contribution >= 0.6 is 12.4 Å². The van der Waals surface area contributed by atoms with Crippen LogP contribution in [0.3, 0.4) is 0 Å². The molecule has 8 heteroatoms. The number of morpholine rings is 1. The first-order valence-corrected chi connectivity index (χ1v) is 8.19. The Labute approximate surface area is 157 Å². The zero-order valence-electron chi connectivity index (χ0n) is 14.3. The van der Waals surface area contributed by atoms with Crippen molar-refractivity contribution in [3.05, 3.63) is 53.5 Å². The molecular formula is C18H21ClFN3O3. The third-order valence-corrected chi connectivity index (χ3v) is 3.82. The van der Waals surface area contributed by atoms with Crippen molar-refractivity contribution in [1.29, 1.82) is 0 Å². The maximum atomic E-state index is 14.4. The van der Waals surface area contributed by atoms with Gasteiger partial charge in [0.2, 0.25) is 5.88 Å². The summed E-state index contributed by atoms with van der Waals surface area (Å²) in [6, 6.07) is 7.73. The lowest BCUT2D eigenvalue weighted by Crippen LogP contribution is -2.33. The van der Waals surface area contributed by atoms with Gasteiger partial charge in [0.25, 0.3) is 5.91 Å². The monoisotopic (exact) mass is 381 g/mol. The Hall–Kier alpha value is -2.22. The fourth-order valence-electron chi connectivity index (χ4n) is 2.61. The van der Waals surface area contributed by atoms with Crippen LogP contribution in [0.5, 0.6) is 5.88 Å². The second kappa shape index (κ2) is 9.47. The van der Waals surface area contributed by atoms with Crippen molar-refractivity contribution in [3.8, 4) is 5.88 Å². The van der Waals surface area contributed by atoms with Gasteiger partial charge in [-0.15, -0.1) is 12.4 Å². The average Bonchev–Trinajstić information content (AvgIpc) is 2.63. The largest absolute Gasteiger partial charge is 0.478 e. The lowest BCUT2D eigenvalue weighted by atomic mass is 10.1. The smallest absolute Gasteiger partial charge is 0.255 e. The van der Waals surface area contributed by atoms with Crippen LogP contribution in [0.15, 0.2) is 36.5 Å². The predicted octanol–water partition coefficient (Wildman–Crippen LogP) is 2.95. The Kier molecular flexibility index (Phi) is 7.32. The molecule has 0 unspecified atom stereocenters. The molecular weight excluding hydrogens is 361 g/mol. The molecule has 6 nitrogen and oxygen atoms in total. The van der Waals surface area contributed by atoms with E-state index < -0.39 is 5.82 Å². The predicted molar refractivity (Wildman–Crippen MR) is 98.6 cm³/mol. The molecule has 1 atom stereocenters. The Morgan fingerprint density at radius 3 is 2.96 bits per heavy atom. The average molecular weight is 382 g/mol. The minimum Gasteiger partial charge on any atom is -0.478 e. The molecule has 140 valence electrons. The van der Waals surface area contributed by atoms with Crippen molar-refractivity contribution in [3.63, 3.8) is 0 Å². The first-order valence-electron chi connectivity index (χ1n) is 8.19. The molecule has 1 aromatic carbocycles. The van der Waals surface area contributed by atoms with Gasteiger partial charge in [-0.1, -0.05) is 6.07 Å². The molecule has 0 radical (unpaired) electrons. The van der Waals surface area contributed by atoms with Crippen molar-refractivity contribution in [2.45, 2.75) is 13.0 Å². The SMILES string of the molecule is CCOc1cc(C(=O)Nc2ccc([C@@H]3CNCCO3)c(F)c2)ccn1.Cl. The second-order valence-electron chi connectivity index (χ2n) is 5.57. The van der Waals surface area contributed by atoms with E-state index in [0.717, 1.165) is 6.54 Å². The van der Waals surface area contributed by atoms with Crippen LogP contribution in [0, 0.1) is 5.82 Å². The summed E-state index contributed by atoms with van der Waals surface area (Å²) in [5.74, 6) is -0.388. The Morgan fingerprint density at radius 2 is 2.27 bits per heavy atom. The maximum Gasteiger partial charge on any atom is 0.255 e. The first-order chi connectivity index (χ1) is 12.2. The Bertz CT molecular complexity index is 754. The first kappa shape index (κ1) is 20.1. The highest BCUT2D eigenvalue weighted by Gasteiger charge is 2.19. The molecule has 1 aromatic heterocycles. The minimum absolute atomic E-state index is 0. The number of nitrogens with zero attached hydrogens (tertiary/aromatic N) is 1. The van der Waals surface area contributed by atoms with Gasteiger partial charge in [-0.05, 0) is 25.1 Å². The Balaban J connectivity index is 0.00000243. The van der Waals surface area contributed by atoms with E-state index >= 15 is 0 Å². The van der Waals surface area contributed by atoms with Crippen LogP contribution in [0.4, 0.5) is 10.1 Å². The topological polar surface area (TPSA) is 72.5 Å². The number of aromatic nitrogens is 1. The third kappa shape index (κ3) is 4.91. The summed E-state index contributed by atoms with van der Waals surface area (Å²) in [5.41, 5.74) is 1.25. The molecule has 1 amide bonds. The number of halogens is 2. The van der Waals surface area contributed by atoms with Crippen molar-refractivity contribution in [1.82, 2.24) is 10.3 Å². The zero-order chi connectivity index (χ0) is 17.6. The molecule has 26 heavy (non-hydrogen) atoms. The van der Waals surface area contributed by atoms with Gasteiger partial charge in [-0.2, -0.15) is 0 Å². The molecule has 0 aliphatic carbocycles. The van der Waals surface area contributed by atoms with Crippen LogP contribution in [0.1, 0.15) is 28.9 Å². The summed E-state index contributed by atoms with van der Waals surface area (Å²) >= 11 is 0. The highest BCUT2D eigenvalue weighted by molar-refractivity contribution is 6.04. The number of hydrogen-bond donors (Lipinski definition) is 2. The molecule has 1 fully saturated rings. The summed E-state index contributed by atoms with van der Waals surface area (Å²) in [6.45, 7) is 4.18. The molecule has 1 saturated heterocycles. The zero-order valence-corrected chi connectivity index (χ0v) is 15.1. The fourth-order valence-corrected chi connectivity index (χ4v) is 2.61. The van der Waals surface area contributed by atoms with E-state index in [1.807, 2.05) is 6.92 Å². The number of benzene rings is 1. The molecule has 0 bridgehead atoms. The van der Waals surface area contributed by atoms with Gasteiger partial charge in [0, 0.05) is 42.2 Å². The van der Waals surface area contributed by atoms with E-state index in [0.29, 0.717) is 42.5 Å². The number of amides is 1. The summed E-state index contributed by atoms with van der Waals surface area (Å²) in [6.07, 6.45) is 1.18. The minimum atomic E-state index is -0.406. The van der Waals surface area contributed by atoms with Crippen LogP contribution in [-0.4, -0.2) is 37.2 Å². The van der Waals surface area contributed by atoms with E-state index in [2.05, 4.69) is 15.6 Å². The molecule has 1 aliphatic rings. The molecule has 2 heterocycles. The third-order valence-electron chi connectivity index (χ3n) is 3.82. The molecule has 0 saturated carbocycles. The number of pyridine rings is 1. The lowest BCUT2D eigenvalue weighted by molar-refractivity contribution is 0.0255.